The summed E-state index contributed by atoms with van der Waals surface area (Å²) in [4.78, 5) is 16.7. The van der Waals surface area contributed by atoms with Crippen LogP contribution in [0.4, 0.5) is 0 Å². The van der Waals surface area contributed by atoms with E-state index in [1.807, 2.05) is 18.0 Å². The van der Waals surface area contributed by atoms with Crippen molar-refractivity contribution in [3.63, 3.8) is 0 Å². The molecule has 1 aromatic rings. The number of piperidine rings is 1. The summed E-state index contributed by atoms with van der Waals surface area (Å²) in [6.07, 6.45) is 3.24. The van der Waals surface area contributed by atoms with Crippen molar-refractivity contribution in [3.8, 4) is 0 Å². The highest BCUT2D eigenvalue weighted by atomic mass is 32.2. The molecule has 2 heterocycles. The summed E-state index contributed by atoms with van der Waals surface area (Å²) in [6, 6.07) is 10.5. The van der Waals surface area contributed by atoms with Crippen LogP contribution in [0.3, 0.4) is 0 Å². The Bertz CT molecular complexity index is 697. The van der Waals surface area contributed by atoms with Gasteiger partial charge in [-0.3, -0.25) is 9.69 Å². The molecule has 2 fully saturated rings. The quantitative estimate of drug-likeness (QED) is 0.761. The zero-order chi connectivity index (χ0) is 18.6. The molecule has 1 atom stereocenters. The van der Waals surface area contributed by atoms with Gasteiger partial charge >= 0.3 is 0 Å². The van der Waals surface area contributed by atoms with E-state index in [9.17, 15) is 13.2 Å². The normalized spacial score (nSPS) is 23.8. The third kappa shape index (κ3) is 5.55. The SMILES string of the molecule is CN(CC1CCN(Cc2ccccc2)CC1)C(=O)CC1CCS(=O)(=O)C1. The molecule has 3 rings (SSSR count). The molecular weight excluding hydrogens is 348 g/mol. The van der Waals surface area contributed by atoms with Gasteiger partial charge in [-0.15, -0.1) is 0 Å². The Kier molecular flexibility index (Phi) is 6.35. The number of nitrogens with zero attached hydrogens (tertiary/aromatic N) is 2. The van der Waals surface area contributed by atoms with E-state index in [2.05, 4.69) is 29.2 Å². The van der Waals surface area contributed by atoms with Crippen LogP contribution in [0.2, 0.25) is 0 Å². The van der Waals surface area contributed by atoms with Crippen LogP contribution in [0, 0.1) is 11.8 Å². The van der Waals surface area contributed by atoms with Crippen molar-refractivity contribution in [2.45, 2.75) is 32.2 Å². The molecule has 0 radical (unpaired) electrons. The first kappa shape index (κ1) is 19.4. The van der Waals surface area contributed by atoms with Gasteiger partial charge in [-0.05, 0) is 49.8 Å². The Morgan fingerprint density at radius 3 is 2.42 bits per heavy atom. The molecule has 1 aromatic carbocycles. The number of carbonyl (C=O) groups excluding carboxylic acids is 1. The molecule has 0 spiro atoms. The van der Waals surface area contributed by atoms with E-state index in [0.717, 1.165) is 39.0 Å². The molecule has 0 aromatic heterocycles. The summed E-state index contributed by atoms with van der Waals surface area (Å²) in [5, 5.41) is 0. The average Bonchev–Trinajstić information content (AvgIpc) is 2.96. The van der Waals surface area contributed by atoms with E-state index in [1.165, 1.54) is 5.56 Å². The lowest BCUT2D eigenvalue weighted by atomic mass is 9.95. The van der Waals surface area contributed by atoms with Gasteiger partial charge in [0, 0.05) is 26.6 Å². The zero-order valence-electron chi connectivity index (χ0n) is 15.6. The maximum absolute atomic E-state index is 12.4. The smallest absolute Gasteiger partial charge is 0.222 e. The molecular formula is C20H30N2O3S. The molecule has 0 N–H and O–H groups in total. The van der Waals surface area contributed by atoms with Crippen molar-refractivity contribution in [2.24, 2.45) is 11.8 Å². The molecule has 1 unspecified atom stereocenters. The van der Waals surface area contributed by atoms with Gasteiger partial charge in [0.1, 0.15) is 0 Å². The summed E-state index contributed by atoms with van der Waals surface area (Å²) in [5.41, 5.74) is 1.35. The van der Waals surface area contributed by atoms with Gasteiger partial charge < -0.3 is 4.90 Å². The van der Waals surface area contributed by atoms with Gasteiger partial charge in [0.15, 0.2) is 9.84 Å². The highest BCUT2D eigenvalue weighted by Gasteiger charge is 2.30. The lowest BCUT2D eigenvalue weighted by Crippen LogP contribution is -2.39. The molecule has 6 heteroatoms. The van der Waals surface area contributed by atoms with E-state index in [4.69, 9.17) is 0 Å². The van der Waals surface area contributed by atoms with Gasteiger partial charge in [0.25, 0.3) is 0 Å². The second kappa shape index (κ2) is 8.53. The summed E-state index contributed by atoms with van der Waals surface area (Å²) in [5.74, 6) is 1.09. The van der Waals surface area contributed by atoms with Gasteiger partial charge in [-0.1, -0.05) is 30.3 Å². The summed E-state index contributed by atoms with van der Waals surface area (Å²) >= 11 is 0. The van der Waals surface area contributed by atoms with Crippen molar-refractivity contribution in [1.82, 2.24) is 9.80 Å². The molecule has 0 saturated carbocycles. The maximum Gasteiger partial charge on any atom is 0.222 e. The third-order valence-electron chi connectivity index (χ3n) is 5.70. The average molecular weight is 379 g/mol. The Labute approximate surface area is 157 Å². The highest BCUT2D eigenvalue weighted by Crippen LogP contribution is 2.24. The molecule has 2 aliphatic rings. The number of amides is 1. The monoisotopic (exact) mass is 378 g/mol. The number of hydrogen-bond donors (Lipinski definition) is 0. The molecule has 5 nitrogen and oxygen atoms in total. The standard InChI is InChI=1S/C20H30N2O3S/c1-21(20(23)13-19-9-12-26(24,25)16-19)14-18-7-10-22(11-8-18)15-17-5-3-2-4-6-17/h2-6,18-19H,7-16H2,1H3. The van der Waals surface area contributed by atoms with E-state index >= 15 is 0 Å². The fraction of sp³-hybridized carbons (Fsp3) is 0.650. The van der Waals surface area contributed by atoms with Crippen LogP contribution in [0.15, 0.2) is 30.3 Å². The minimum atomic E-state index is -2.90. The highest BCUT2D eigenvalue weighted by molar-refractivity contribution is 7.91. The van der Waals surface area contributed by atoms with Crippen LogP contribution in [-0.4, -0.2) is 62.3 Å². The van der Waals surface area contributed by atoms with Crippen molar-refractivity contribution < 1.29 is 13.2 Å². The van der Waals surface area contributed by atoms with Crippen molar-refractivity contribution in [2.75, 3.05) is 38.2 Å². The molecule has 0 aliphatic carbocycles. The maximum atomic E-state index is 12.4. The number of rotatable bonds is 6. The van der Waals surface area contributed by atoms with Crippen LogP contribution >= 0.6 is 0 Å². The van der Waals surface area contributed by atoms with E-state index < -0.39 is 9.84 Å². The summed E-state index contributed by atoms with van der Waals surface area (Å²) in [7, 11) is -1.04. The molecule has 1 amide bonds. The predicted molar refractivity (Wildman–Crippen MR) is 103 cm³/mol. The van der Waals surface area contributed by atoms with Gasteiger partial charge in [0.05, 0.1) is 11.5 Å². The van der Waals surface area contributed by atoms with E-state index in [-0.39, 0.29) is 23.3 Å². The van der Waals surface area contributed by atoms with Gasteiger partial charge in [0.2, 0.25) is 5.91 Å². The Balaban J connectivity index is 1.39. The third-order valence-corrected chi connectivity index (χ3v) is 7.54. The topological polar surface area (TPSA) is 57.7 Å². The first-order valence-electron chi connectivity index (χ1n) is 9.62. The Morgan fingerprint density at radius 1 is 1.12 bits per heavy atom. The fourth-order valence-electron chi connectivity index (χ4n) is 4.09. The Hall–Kier alpha value is -1.40. The van der Waals surface area contributed by atoms with Crippen LogP contribution in [0.25, 0.3) is 0 Å². The largest absolute Gasteiger partial charge is 0.345 e. The number of sulfone groups is 1. The molecule has 2 saturated heterocycles. The lowest BCUT2D eigenvalue weighted by Gasteiger charge is -2.34. The summed E-state index contributed by atoms with van der Waals surface area (Å²) in [6.45, 7) is 3.93. The van der Waals surface area contributed by atoms with Crippen LogP contribution in [0.5, 0.6) is 0 Å². The van der Waals surface area contributed by atoms with Crippen molar-refractivity contribution in [1.29, 1.82) is 0 Å². The predicted octanol–water partition coefficient (Wildman–Crippen LogP) is 2.18. The Morgan fingerprint density at radius 2 is 1.81 bits per heavy atom. The van der Waals surface area contributed by atoms with Crippen LogP contribution in [0.1, 0.15) is 31.2 Å². The molecule has 0 bridgehead atoms. The van der Waals surface area contributed by atoms with Gasteiger partial charge in [-0.2, -0.15) is 0 Å². The first-order chi connectivity index (χ1) is 12.4. The van der Waals surface area contributed by atoms with Crippen molar-refractivity contribution >= 4 is 15.7 Å². The number of likely N-dealkylation sites (tertiary alicyclic amines) is 1. The zero-order valence-corrected chi connectivity index (χ0v) is 16.5. The lowest BCUT2D eigenvalue weighted by molar-refractivity contribution is -0.131. The molecule has 144 valence electrons. The second-order valence-electron chi connectivity index (χ2n) is 7.95. The van der Waals surface area contributed by atoms with E-state index in [0.29, 0.717) is 18.8 Å². The van der Waals surface area contributed by atoms with Crippen molar-refractivity contribution in [3.05, 3.63) is 35.9 Å². The first-order valence-corrected chi connectivity index (χ1v) is 11.4. The minimum Gasteiger partial charge on any atom is -0.345 e. The second-order valence-corrected chi connectivity index (χ2v) is 10.2. The van der Waals surface area contributed by atoms with Gasteiger partial charge in [-0.25, -0.2) is 8.42 Å². The minimum absolute atomic E-state index is 0.0164. The van der Waals surface area contributed by atoms with Crippen LogP contribution < -0.4 is 0 Å². The number of carbonyl (C=O) groups is 1. The fourth-order valence-corrected chi connectivity index (χ4v) is 5.96. The molecule has 26 heavy (non-hydrogen) atoms. The van der Waals surface area contributed by atoms with Crippen LogP contribution in [-0.2, 0) is 21.2 Å². The summed E-state index contributed by atoms with van der Waals surface area (Å²) < 4.78 is 23.1. The number of hydrogen-bond acceptors (Lipinski definition) is 4. The number of benzene rings is 1. The molecule has 2 aliphatic heterocycles. The van der Waals surface area contributed by atoms with E-state index in [1.54, 1.807) is 0 Å².